The number of amides is 3. The fourth-order valence-electron chi connectivity index (χ4n) is 3.54. The number of nitrogens with one attached hydrogen (secondary N) is 2. The van der Waals surface area contributed by atoms with E-state index in [1.165, 1.54) is 24.4 Å². The minimum Gasteiger partial charge on any atom is -0.493 e. The number of anilines is 3. The van der Waals surface area contributed by atoms with Crippen LogP contribution < -0.4 is 25.0 Å². The molecule has 0 unspecified atom stereocenters. The smallest absolute Gasteiger partial charge is 0.323 e. The van der Waals surface area contributed by atoms with E-state index in [4.69, 9.17) is 9.47 Å². The van der Waals surface area contributed by atoms with Crippen molar-refractivity contribution in [2.75, 3.05) is 35.5 Å². The van der Waals surface area contributed by atoms with Crippen LogP contribution in [0.5, 0.6) is 11.5 Å². The monoisotopic (exact) mass is 463 g/mol. The predicted octanol–water partition coefficient (Wildman–Crippen LogP) is 5.30. The van der Waals surface area contributed by atoms with E-state index in [0.29, 0.717) is 35.2 Å². The average Bonchev–Trinajstić information content (AvgIpc) is 2.82. The Bertz CT molecular complexity index is 1180. The third-order valence-corrected chi connectivity index (χ3v) is 6.31. The molecule has 1 aliphatic rings. The normalized spacial score (nSPS) is 12.7. The van der Waals surface area contributed by atoms with E-state index in [1.807, 2.05) is 49.4 Å². The summed E-state index contributed by atoms with van der Waals surface area (Å²) in [4.78, 5) is 28.1. The predicted molar refractivity (Wildman–Crippen MR) is 132 cm³/mol. The molecule has 0 fully saturated rings. The Labute approximate surface area is 197 Å². The summed E-state index contributed by atoms with van der Waals surface area (Å²) in [6.45, 7) is 2.51. The molecule has 1 heterocycles. The Hall–Kier alpha value is -3.65. The number of ether oxygens (including phenoxy) is 2. The van der Waals surface area contributed by atoms with Crippen molar-refractivity contribution in [1.82, 2.24) is 0 Å². The van der Waals surface area contributed by atoms with Gasteiger partial charge < -0.3 is 25.0 Å². The molecule has 33 heavy (non-hydrogen) atoms. The van der Waals surface area contributed by atoms with Crippen molar-refractivity contribution in [2.45, 2.75) is 18.4 Å². The van der Waals surface area contributed by atoms with Crippen LogP contribution in [0, 0.1) is 6.92 Å². The Morgan fingerprint density at radius 1 is 0.939 bits per heavy atom. The number of benzene rings is 3. The first-order chi connectivity index (χ1) is 16.0. The number of aryl methyl sites for hydroxylation is 1. The molecule has 7 nitrogen and oxygen atoms in total. The number of rotatable bonds is 6. The molecule has 0 aromatic heterocycles. The zero-order valence-corrected chi connectivity index (χ0v) is 19.5. The van der Waals surface area contributed by atoms with Crippen LogP contribution in [0.1, 0.15) is 11.1 Å². The number of nitrogens with zero attached hydrogens (tertiary/aromatic N) is 1. The van der Waals surface area contributed by atoms with Crippen LogP contribution in [0.25, 0.3) is 0 Å². The molecular formula is C25H25N3O4S. The van der Waals surface area contributed by atoms with Gasteiger partial charge in [-0.25, -0.2) is 4.79 Å². The summed E-state index contributed by atoms with van der Waals surface area (Å²) in [7, 11) is 3.09. The minimum atomic E-state index is -0.401. The van der Waals surface area contributed by atoms with Crippen LogP contribution in [-0.4, -0.2) is 31.9 Å². The topological polar surface area (TPSA) is 79.9 Å². The van der Waals surface area contributed by atoms with Gasteiger partial charge in [-0.2, -0.15) is 0 Å². The zero-order chi connectivity index (χ0) is 23.4. The van der Waals surface area contributed by atoms with Gasteiger partial charge >= 0.3 is 6.03 Å². The largest absolute Gasteiger partial charge is 0.493 e. The molecule has 0 radical (unpaired) electrons. The molecule has 0 saturated heterocycles. The molecule has 0 spiro atoms. The van der Waals surface area contributed by atoms with Gasteiger partial charge in [0.15, 0.2) is 11.5 Å². The minimum absolute atomic E-state index is 0.0417. The number of carbonyl (C=O) groups excluding carboxylic acids is 2. The SMILES string of the molecule is COc1ccc(NC(=O)Nc2ccc3c(c2)N(Cc2ccc(C)cc2)C(=O)CS3)cc1OC. The summed E-state index contributed by atoms with van der Waals surface area (Å²) in [5.41, 5.74) is 4.18. The third kappa shape index (κ3) is 5.23. The van der Waals surface area contributed by atoms with Crippen molar-refractivity contribution in [2.24, 2.45) is 0 Å². The van der Waals surface area contributed by atoms with Gasteiger partial charge in [0.05, 0.1) is 32.2 Å². The fourth-order valence-corrected chi connectivity index (χ4v) is 4.45. The number of urea groups is 1. The zero-order valence-electron chi connectivity index (χ0n) is 18.7. The molecule has 3 aromatic carbocycles. The molecule has 170 valence electrons. The van der Waals surface area contributed by atoms with Crippen LogP contribution in [0.3, 0.4) is 0 Å². The number of methoxy groups -OCH3 is 2. The first kappa shape index (κ1) is 22.5. The van der Waals surface area contributed by atoms with Crippen LogP contribution in [-0.2, 0) is 11.3 Å². The number of fused-ring (bicyclic) bond motifs is 1. The van der Waals surface area contributed by atoms with Gasteiger partial charge in [-0.3, -0.25) is 4.79 Å². The lowest BCUT2D eigenvalue weighted by atomic mass is 10.1. The molecule has 0 bridgehead atoms. The molecule has 0 aliphatic carbocycles. The first-order valence-corrected chi connectivity index (χ1v) is 11.4. The molecule has 3 amide bonds. The van der Waals surface area contributed by atoms with Crippen molar-refractivity contribution >= 4 is 40.8 Å². The van der Waals surface area contributed by atoms with Crippen molar-refractivity contribution in [3.8, 4) is 11.5 Å². The standard InChI is InChI=1S/C25H25N3O4S/c1-16-4-6-17(7-5-16)14-28-20-12-18(9-11-23(20)33-15-24(28)29)26-25(30)27-19-8-10-21(31-2)22(13-19)32-3/h4-13H,14-15H2,1-3H3,(H2,26,27,30). The lowest BCUT2D eigenvalue weighted by molar-refractivity contribution is -0.116. The van der Waals surface area contributed by atoms with Crippen LogP contribution >= 0.6 is 11.8 Å². The Morgan fingerprint density at radius 2 is 1.61 bits per heavy atom. The van der Waals surface area contributed by atoms with E-state index in [1.54, 1.807) is 30.2 Å². The second-order valence-electron chi connectivity index (χ2n) is 7.59. The third-order valence-electron chi connectivity index (χ3n) is 5.26. The van der Waals surface area contributed by atoms with Crippen molar-refractivity contribution in [1.29, 1.82) is 0 Å². The van der Waals surface area contributed by atoms with E-state index < -0.39 is 6.03 Å². The Morgan fingerprint density at radius 3 is 2.30 bits per heavy atom. The number of carbonyl (C=O) groups is 2. The highest BCUT2D eigenvalue weighted by atomic mass is 32.2. The van der Waals surface area contributed by atoms with Gasteiger partial charge in [-0.05, 0) is 42.8 Å². The molecule has 0 atom stereocenters. The van der Waals surface area contributed by atoms with E-state index in [9.17, 15) is 9.59 Å². The van der Waals surface area contributed by atoms with E-state index in [2.05, 4.69) is 10.6 Å². The molecule has 0 saturated carbocycles. The van der Waals surface area contributed by atoms with Gasteiger partial charge in [0.1, 0.15) is 0 Å². The Kier molecular flexibility index (Phi) is 6.74. The van der Waals surface area contributed by atoms with Gasteiger partial charge in [0.2, 0.25) is 5.91 Å². The molecule has 2 N–H and O–H groups in total. The van der Waals surface area contributed by atoms with Crippen molar-refractivity contribution in [3.05, 3.63) is 71.8 Å². The van der Waals surface area contributed by atoms with Crippen LogP contribution in [0.15, 0.2) is 65.6 Å². The maximum Gasteiger partial charge on any atom is 0.323 e. The molecule has 3 aromatic rings. The van der Waals surface area contributed by atoms with Crippen molar-refractivity contribution < 1.29 is 19.1 Å². The molecule has 1 aliphatic heterocycles. The van der Waals surface area contributed by atoms with E-state index in [0.717, 1.165) is 16.1 Å². The summed E-state index contributed by atoms with van der Waals surface area (Å²) in [6, 6.07) is 18.5. The molecular weight excluding hydrogens is 438 g/mol. The quantitative estimate of drug-likeness (QED) is 0.519. The lowest BCUT2D eigenvalue weighted by Gasteiger charge is -2.29. The van der Waals surface area contributed by atoms with Crippen LogP contribution in [0.2, 0.25) is 0 Å². The second kappa shape index (κ2) is 9.87. The van der Waals surface area contributed by atoms with Crippen LogP contribution in [0.4, 0.5) is 21.9 Å². The highest BCUT2D eigenvalue weighted by molar-refractivity contribution is 8.00. The number of thioether (sulfide) groups is 1. The maximum absolute atomic E-state index is 12.7. The average molecular weight is 464 g/mol. The summed E-state index contributed by atoms with van der Waals surface area (Å²) >= 11 is 1.51. The Balaban J connectivity index is 1.51. The summed E-state index contributed by atoms with van der Waals surface area (Å²) in [5, 5.41) is 5.63. The highest BCUT2D eigenvalue weighted by Crippen LogP contribution is 2.38. The van der Waals surface area contributed by atoms with Gasteiger partial charge in [0.25, 0.3) is 0 Å². The molecule has 8 heteroatoms. The lowest BCUT2D eigenvalue weighted by Crippen LogP contribution is -2.34. The summed E-state index contributed by atoms with van der Waals surface area (Å²) < 4.78 is 10.5. The highest BCUT2D eigenvalue weighted by Gasteiger charge is 2.25. The number of hydrogen-bond donors (Lipinski definition) is 2. The van der Waals surface area contributed by atoms with E-state index >= 15 is 0 Å². The first-order valence-electron chi connectivity index (χ1n) is 10.4. The fraction of sp³-hybridized carbons (Fsp3) is 0.200. The van der Waals surface area contributed by atoms with Gasteiger partial charge in [-0.1, -0.05) is 29.8 Å². The summed E-state index contributed by atoms with van der Waals surface area (Å²) in [5.74, 6) is 1.53. The van der Waals surface area contributed by atoms with Gasteiger partial charge in [-0.15, -0.1) is 11.8 Å². The van der Waals surface area contributed by atoms with Gasteiger partial charge in [0, 0.05) is 22.3 Å². The molecule has 4 rings (SSSR count). The number of hydrogen-bond acceptors (Lipinski definition) is 5. The maximum atomic E-state index is 12.7. The van der Waals surface area contributed by atoms with E-state index in [-0.39, 0.29) is 5.91 Å². The second-order valence-corrected chi connectivity index (χ2v) is 8.60. The van der Waals surface area contributed by atoms with Crippen molar-refractivity contribution in [3.63, 3.8) is 0 Å². The summed E-state index contributed by atoms with van der Waals surface area (Å²) in [6.07, 6.45) is 0.